The van der Waals surface area contributed by atoms with Gasteiger partial charge < -0.3 is 15.4 Å². The highest BCUT2D eigenvalue weighted by Crippen LogP contribution is 2.10. The molecule has 0 aliphatic carbocycles. The van der Waals surface area contributed by atoms with Crippen LogP contribution in [0.4, 0.5) is 0 Å². The predicted molar refractivity (Wildman–Crippen MR) is 140 cm³/mol. The Hall–Kier alpha value is -2.46. The Kier molecular flexibility index (Phi) is 10.6. The SMILES string of the molecule is CN=C(NCc1ccc(-n2nc(C)cc2C)nc1)NCC(C)COCc1ccccc1.I. The second-order valence-corrected chi connectivity index (χ2v) is 7.78. The largest absolute Gasteiger partial charge is 0.376 e. The summed E-state index contributed by atoms with van der Waals surface area (Å²) in [6.45, 7) is 8.92. The Morgan fingerprint density at radius 3 is 2.50 bits per heavy atom. The number of guanidine groups is 1. The Balaban J connectivity index is 0.00000363. The van der Waals surface area contributed by atoms with E-state index >= 15 is 0 Å². The molecule has 2 N–H and O–H groups in total. The molecule has 1 atom stereocenters. The fraction of sp³-hybridized carbons (Fsp3) is 0.375. The van der Waals surface area contributed by atoms with E-state index in [2.05, 4.69) is 50.8 Å². The van der Waals surface area contributed by atoms with Gasteiger partial charge in [0.1, 0.15) is 0 Å². The van der Waals surface area contributed by atoms with Crippen LogP contribution in [0, 0.1) is 19.8 Å². The summed E-state index contributed by atoms with van der Waals surface area (Å²) in [7, 11) is 1.77. The summed E-state index contributed by atoms with van der Waals surface area (Å²) in [5, 5.41) is 11.2. The van der Waals surface area contributed by atoms with E-state index in [4.69, 9.17) is 4.74 Å². The van der Waals surface area contributed by atoms with Crippen LogP contribution in [0.5, 0.6) is 0 Å². The minimum atomic E-state index is 0. The lowest BCUT2D eigenvalue weighted by Crippen LogP contribution is -2.39. The molecule has 8 heteroatoms. The molecule has 0 aliphatic heterocycles. The normalized spacial score (nSPS) is 12.2. The maximum atomic E-state index is 5.82. The van der Waals surface area contributed by atoms with Crippen molar-refractivity contribution in [2.75, 3.05) is 20.2 Å². The number of rotatable bonds is 9. The predicted octanol–water partition coefficient (Wildman–Crippen LogP) is 4.02. The quantitative estimate of drug-likeness (QED) is 0.240. The van der Waals surface area contributed by atoms with Gasteiger partial charge >= 0.3 is 0 Å². The van der Waals surface area contributed by atoms with E-state index in [0.29, 0.717) is 25.7 Å². The molecule has 0 bridgehead atoms. The molecule has 0 fully saturated rings. The van der Waals surface area contributed by atoms with Gasteiger partial charge in [0.2, 0.25) is 0 Å². The first kappa shape index (κ1) is 25.8. The summed E-state index contributed by atoms with van der Waals surface area (Å²) < 4.78 is 7.67. The average Bonchev–Trinajstić information content (AvgIpc) is 3.13. The van der Waals surface area contributed by atoms with E-state index in [1.165, 1.54) is 5.56 Å². The summed E-state index contributed by atoms with van der Waals surface area (Å²) in [4.78, 5) is 8.84. The van der Waals surface area contributed by atoms with Crippen molar-refractivity contribution in [1.82, 2.24) is 25.4 Å². The van der Waals surface area contributed by atoms with Crippen LogP contribution in [-0.4, -0.2) is 40.9 Å². The van der Waals surface area contributed by atoms with E-state index in [9.17, 15) is 0 Å². The van der Waals surface area contributed by atoms with Gasteiger partial charge in [-0.1, -0.05) is 43.3 Å². The van der Waals surface area contributed by atoms with E-state index in [1.54, 1.807) is 7.05 Å². The van der Waals surface area contributed by atoms with E-state index in [-0.39, 0.29) is 24.0 Å². The van der Waals surface area contributed by atoms with Gasteiger partial charge in [0, 0.05) is 32.0 Å². The number of hydrogen-bond donors (Lipinski definition) is 2. The third kappa shape index (κ3) is 7.90. The molecule has 0 saturated heterocycles. The Morgan fingerprint density at radius 1 is 1.09 bits per heavy atom. The molecule has 0 aliphatic rings. The van der Waals surface area contributed by atoms with Crippen molar-refractivity contribution in [3.63, 3.8) is 0 Å². The van der Waals surface area contributed by atoms with Gasteiger partial charge in [-0.15, -0.1) is 24.0 Å². The minimum Gasteiger partial charge on any atom is -0.376 e. The molecule has 1 aromatic carbocycles. The first-order chi connectivity index (χ1) is 15.0. The van der Waals surface area contributed by atoms with Crippen LogP contribution in [0.25, 0.3) is 5.82 Å². The maximum Gasteiger partial charge on any atom is 0.191 e. The van der Waals surface area contributed by atoms with Gasteiger partial charge in [-0.05, 0) is 43.0 Å². The van der Waals surface area contributed by atoms with Crippen LogP contribution in [0.15, 0.2) is 59.7 Å². The number of aryl methyl sites for hydroxylation is 2. The molecule has 1 unspecified atom stereocenters. The zero-order valence-electron chi connectivity index (χ0n) is 19.2. The average molecular weight is 548 g/mol. The molecule has 172 valence electrons. The van der Waals surface area contributed by atoms with Crippen molar-refractivity contribution in [1.29, 1.82) is 0 Å². The molecule has 3 rings (SSSR count). The molecular formula is C24H33IN6O. The van der Waals surface area contributed by atoms with Crippen LogP contribution < -0.4 is 10.6 Å². The smallest absolute Gasteiger partial charge is 0.191 e. The summed E-state index contributed by atoms with van der Waals surface area (Å²) in [5.74, 6) is 1.95. The first-order valence-corrected chi connectivity index (χ1v) is 10.6. The van der Waals surface area contributed by atoms with Crippen LogP contribution >= 0.6 is 24.0 Å². The highest BCUT2D eigenvalue weighted by molar-refractivity contribution is 14.0. The lowest BCUT2D eigenvalue weighted by atomic mass is 10.2. The number of nitrogens with zero attached hydrogens (tertiary/aromatic N) is 4. The van der Waals surface area contributed by atoms with Gasteiger partial charge in [-0.2, -0.15) is 5.10 Å². The van der Waals surface area contributed by atoms with Crippen molar-refractivity contribution < 1.29 is 4.74 Å². The molecule has 7 nitrogen and oxygen atoms in total. The molecule has 2 heterocycles. The van der Waals surface area contributed by atoms with Crippen LogP contribution in [-0.2, 0) is 17.9 Å². The third-order valence-electron chi connectivity index (χ3n) is 4.85. The monoisotopic (exact) mass is 548 g/mol. The molecule has 0 radical (unpaired) electrons. The number of hydrogen-bond acceptors (Lipinski definition) is 4. The number of aliphatic imine (C=N–C) groups is 1. The Bertz CT molecular complexity index is 972. The number of halogens is 1. The highest BCUT2D eigenvalue weighted by atomic mass is 127. The van der Waals surface area contributed by atoms with Gasteiger partial charge in [-0.25, -0.2) is 9.67 Å². The number of pyridine rings is 1. The van der Waals surface area contributed by atoms with Crippen molar-refractivity contribution >= 4 is 29.9 Å². The lowest BCUT2D eigenvalue weighted by Gasteiger charge is -2.16. The zero-order valence-corrected chi connectivity index (χ0v) is 21.5. The first-order valence-electron chi connectivity index (χ1n) is 10.6. The number of benzene rings is 1. The van der Waals surface area contributed by atoms with Crippen molar-refractivity contribution in [2.24, 2.45) is 10.9 Å². The van der Waals surface area contributed by atoms with Gasteiger partial charge in [0.15, 0.2) is 11.8 Å². The van der Waals surface area contributed by atoms with Gasteiger partial charge in [0.25, 0.3) is 0 Å². The Morgan fingerprint density at radius 2 is 1.88 bits per heavy atom. The molecule has 3 aromatic rings. The fourth-order valence-electron chi connectivity index (χ4n) is 3.20. The minimum absolute atomic E-state index is 0. The van der Waals surface area contributed by atoms with E-state index in [1.807, 2.05) is 55.1 Å². The molecule has 0 spiro atoms. The molecule has 32 heavy (non-hydrogen) atoms. The molecule has 0 saturated carbocycles. The van der Waals surface area contributed by atoms with Crippen molar-refractivity contribution in [3.05, 3.63) is 77.2 Å². The van der Waals surface area contributed by atoms with E-state index in [0.717, 1.165) is 35.3 Å². The summed E-state index contributed by atoms with van der Waals surface area (Å²) in [6.07, 6.45) is 1.87. The highest BCUT2D eigenvalue weighted by Gasteiger charge is 2.07. The summed E-state index contributed by atoms with van der Waals surface area (Å²) >= 11 is 0. The second kappa shape index (κ2) is 13.2. The zero-order chi connectivity index (χ0) is 22.1. The topological polar surface area (TPSA) is 76.4 Å². The van der Waals surface area contributed by atoms with Gasteiger partial charge in [0.05, 0.1) is 18.9 Å². The standard InChI is InChI=1S/C24H32N6O.HI/c1-18(16-31-17-21-8-6-5-7-9-21)13-27-24(25-4)28-15-22-10-11-23(26-14-22)30-20(3)12-19(2)29-30;/h5-12,14,18H,13,15-17H2,1-4H3,(H2,25,27,28);1H. The van der Waals surface area contributed by atoms with E-state index < -0.39 is 0 Å². The number of ether oxygens (including phenoxy) is 1. The van der Waals surface area contributed by atoms with Crippen LogP contribution in [0.2, 0.25) is 0 Å². The molecular weight excluding hydrogens is 515 g/mol. The van der Waals surface area contributed by atoms with Crippen molar-refractivity contribution in [2.45, 2.75) is 33.9 Å². The fourth-order valence-corrected chi connectivity index (χ4v) is 3.20. The molecule has 2 aromatic heterocycles. The van der Waals surface area contributed by atoms with Crippen LogP contribution in [0.3, 0.4) is 0 Å². The maximum absolute atomic E-state index is 5.82. The van der Waals surface area contributed by atoms with Crippen LogP contribution in [0.1, 0.15) is 29.4 Å². The Labute approximate surface area is 207 Å². The summed E-state index contributed by atoms with van der Waals surface area (Å²) in [6, 6.07) is 16.3. The number of aromatic nitrogens is 3. The summed E-state index contributed by atoms with van der Waals surface area (Å²) in [5.41, 5.74) is 4.33. The third-order valence-corrected chi connectivity index (χ3v) is 4.85. The molecule has 0 amide bonds. The second-order valence-electron chi connectivity index (χ2n) is 7.78. The van der Waals surface area contributed by atoms with Crippen molar-refractivity contribution in [3.8, 4) is 5.82 Å². The lowest BCUT2D eigenvalue weighted by molar-refractivity contribution is 0.0931. The van der Waals surface area contributed by atoms with Gasteiger partial charge in [-0.3, -0.25) is 4.99 Å². The number of nitrogens with one attached hydrogen (secondary N) is 2.